The number of nitrogens with two attached hydrogens (primary N) is 1. The summed E-state index contributed by atoms with van der Waals surface area (Å²) in [4.78, 5) is 4.00. The summed E-state index contributed by atoms with van der Waals surface area (Å²) >= 11 is 1.83. The number of ether oxygens (including phenoxy) is 1. The third-order valence-corrected chi connectivity index (χ3v) is 5.02. The molecule has 1 aromatic heterocycles. The highest BCUT2D eigenvalue weighted by atomic mass is 32.1. The molecule has 2 heterocycles. The first-order chi connectivity index (χ1) is 9.07. The monoisotopic (exact) mass is 282 g/mol. The number of nitrogens with zero attached hydrogens (tertiary/aromatic N) is 1. The van der Waals surface area contributed by atoms with Crippen molar-refractivity contribution in [3.05, 3.63) is 22.4 Å². The van der Waals surface area contributed by atoms with Gasteiger partial charge in [-0.1, -0.05) is 6.07 Å². The standard InChI is InChI=1S/C15H26N2OS/c1-12(2)17(10-14-5-4-8-19-14)15(11-16)6-7-18-13(3)9-15/h4-5,8,12-13H,6-7,9-11,16H2,1-3H3. The molecule has 0 saturated carbocycles. The fourth-order valence-electron chi connectivity index (χ4n) is 3.18. The van der Waals surface area contributed by atoms with E-state index in [-0.39, 0.29) is 5.54 Å². The van der Waals surface area contributed by atoms with Crippen molar-refractivity contribution in [1.29, 1.82) is 0 Å². The van der Waals surface area contributed by atoms with Gasteiger partial charge in [-0.05, 0) is 45.1 Å². The highest BCUT2D eigenvalue weighted by Gasteiger charge is 2.40. The van der Waals surface area contributed by atoms with E-state index in [9.17, 15) is 0 Å². The summed E-state index contributed by atoms with van der Waals surface area (Å²) in [5.74, 6) is 0. The Morgan fingerprint density at radius 2 is 2.37 bits per heavy atom. The van der Waals surface area contributed by atoms with Crippen molar-refractivity contribution in [3.63, 3.8) is 0 Å². The van der Waals surface area contributed by atoms with Crippen molar-refractivity contribution < 1.29 is 4.74 Å². The Kier molecular flexibility index (Phi) is 5.01. The third kappa shape index (κ3) is 3.37. The molecule has 0 spiro atoms. The molecule has 0 aromatic carbocycles. The van der Waals surface area contributed by atoms with Crippen LogP contribution in [0.1, 0.15) is 38.5 Å². The first kappa shape index (κ1) is 15.0. The molecule has 1 aromatic rings. The van der Waals surface area contributed by atoms with Gasteiger partial charge in [-0.25, -0.2) is 0 Å². The minimum Gasteiger partial charge on any atom is -0.378 e. The Hall–Kier alpha value is -0.420. The molecule has 0 bridgehead atoms. The number of rotatable bonds is 5. The summed E-state index contributed by atoms with van der Waals surface area (Å²) in [7, 11) is 0. The van der Waals surface area contributed by atoms with E-state index in [0.717, 1.165) is 26.0 Å². The lowest BCUT2D eigenvalue weighted by molar-refractivity contribution is -0.0764. The van der Waals surface area contributed by atoms with Gasteiger partial charge in [0.25, 0.3) is 0 Å². The minimum atomic E-state index is 0.0931. The molecule has 0 amide bonds. The van der Waals surface area contributed by atoms with Gasteiger partial charge in [0.15, 0.2) is 0 Å². The highest BCUT2D eigenvalue weighted by Crippen LogP contribution is 2.33. The zero-order valence-electron chi connectivity index (χ0n) is 12.3. The van der Waals surface area contributed by atoms with E-state index in [1.165, 1.54) is 4.88 Å². The highest BCUT2D eigenvalue weighted by molar-refractivity contribution is 7.09. The number of hydrogen-bond donors (Lipinski definition) is 1. The first-order valence-corrected chi connectivity index (χ1v) is 8.06. The van der Waals surface area contributed by atoms with E-state index in [2.05, 4.69) is 43.2 Å². The van der Waals surface area contributed by atoms with Crippen LogP contribution in [0.5, 0.6) is 0 Å². The van der Waals surface area contributed by atoms with Gasteiger partial charge in [-0.15, -0.1) is 11.3 Å². The summed E-state index contributed by atoms with van der Waals surface area (Å²) in [5.41, 5.74) is 6.27. The van der Waals surface area contributed by atoms with Gasteiger partial charge in [0.2, 0.25) is 0 Å². The molecule has 19 heavy (non-hydrogen) atoms. The van der Waals surface area contributed by atoms with Crippen LogP contribution in [0.15, 0.2) is 17.5 Å². The molecule has 1 saturated heterocycles. The molecule has 4 heteroatoms. The molecule has 2 rings (SSSR count). The van der Waals surface area contributed by atoms with Crippen LogP contribution in [0.3, 0.4) is 0 Å². The summed E-state index contributed by atoms with van der Waals surface area (Å²) in [5, 5.41) is 2.15. The van der Waals surface area contributed by atoms with Crippen LogP contribution in [0, 0.1) is 0 Å². The van der Waals surface area contributed by atoms with Crippen molar-refractivity contribution in [2.24, 2.45) is 5.73 Å². The molecule has 2 atom stereocenters. The predicted molar refractivity (Wildman–Crippen MR) is 81.4 cm³/mol. The SMILES string of the molecule is CC1CC(CN)(N(Cc2cccs2)C(C)C)CCO1. The smallest absolute Gasteiger partial charge is 0.0565 e. The normalized spacial score (nSPS) is 28.2. The minimum absolute atomic E-state index is 0.0931. The second-order valence-electron chi connectivity index (χ2n) is 5.87. The average molecular weight is 282 g/mol. The van der Waals surface area contributed by atoms with Crippen molar-refractivity contribution in [2.45, 2.75) is 57.8 Å². The Labute approximate surface area is 120 Å². The molecular weight excluding hydrogens is 256 g/mol. The fourth-order valence-corrected chi connectivity index (χ4v) is 3.88. The van der Waals surface area contributed by atoms with Crippen molar-refractivity contribution in [1.82, 2.24) is 4.90 Å². The Balaban J connectivity index is 2.20. The van der Waals surface area contributed by atoms with E-state index >= 15 is 0 Å². The Morgan fingerprint density at radius 1 is 1.58 bits per heavy atom. The molecule has 1 fully saturated rings. The quantitative estimate of drug-likeness (QED) is 0.902. The Bertz CT molecular complexity index is 380. The van der Waals surface area contributed by atoms with Crippen molar-refractivity contribution in [2.75, 3.05) is 13.2 Å². The summed E-state index contributed by atoms with van der Waals surface area (Å²) < 4.78 is 5.72. The molecule has 2 N–H and O–H groups in total. The van der Waals surface area contributed by atoms with Crippen LogP contribution < -0.4 is 5.73 Å². The van der Waals surface area contributed by atoms with Crippen LogP contribution in [-0.2, 0) is 11.3 Å². The molecule has 2 unspecified atom stereocenters. The zero-order valence-corrected chi connectivity index (χ0v) is 13.1. The van der Waals surface area contributed by atoms with Gasteiger partial charge >= 0.3 is 0 Å². The molecule has 0 radical (unpaired) electrons. The molecule has 0 aliphatic carbocycles. The van der Waals surface area contributed by atoms with E-state index < -0.39 is 0 Å². The molecule has 3 nitrogen and oxygen atoms in total. The van der Waals surface area contributed by atoms with Crippen LogP contribution in [0.2, 0.25) is 0 Å². The van der Waals surface area contributed by atoms with Gasteiger partial charge in [0.05, 0.1) is 6.10 Å². The average Bonchev–Trinajstić information content (AvgIpc) is 2.88. The van der Waals surface area contributed by atoms with Gasteiger partial charge in [-0.3, -0.25) is 4.90 Å². The number of thiophene rings is 1. The summed E-state index contributed by atoms with van der Waals surface area (Å²) in [6.07, 6.45) is 2.38. The molecular formula is C15H26N2OS. The molecule has 108 valence electrons. The van der Waals surface area contributed by atoms with Crippen LogP contribution in [0.4, 0.5) is 0 Å². The van der Waals surface area contributed by atoms with Crippen LogP contribution in [-0.4, -0.2) is 35.7 Å². The second-order valence-corrected chi connectivity index (χ2v) is 6.90. The third-order valence-electron chi connectivity index (χ3n) is 4.16. The maximum atomic E-state index is 6.17. The lowest BCUT2D eigenvalue weighted by Gasteiger charge is -2.49. The maximum Gasteiger partial charge on any atom is 0.0565 e. The second kappa shape index (κ2) is 6.35. The fraction of sp³-hybridized carbons (Fsp3) is 0.733. The van der Waals surface area contributed by atoms with Crippen molar-refractivity contribution >= 4 is 11.3 Å². The predicted octanol–water partition coefficient (Wildman–Crippen LogP) is 2.85. The zero-order chi connectivity index (χ0) is 13.9. The topological polar surface area (TPSA) is 38.5 Å². The maximum absolute atomic E-state index is 6.17. The lowest BCUT2D eigenvalue weighted by atomic mass is 9.84. The van der Waals surface area contributed by atoms with Gasteiger partial charge in [0, 0.05) is 36.2 Å². The van der Waals surface area contributed by atoms with E-state index in [4.69, 9.17) is 10.5 Å². The summed E-state index contributed by atoms with van der Waals surface area (Å²) in [6, 6.07) is 4.84. The lowest BCUT2D eigenvalue weighted by Crippen LogP contribution is -2.59. The van der Waals surface area contributed by atoms with E-state index in [1.807, 2.05) is 11.3 Å². The molecule has 1 aliphatic rings. The van der Waals surface area contributed by atoms with E-state index in [0.29, 0.717) is 18.7 Å². The van der Waals surface area contributed by atoms with Gasteiger partial charge in [-0.2, -0.15) is 0 Å². The summed E-state index contributed by atoms with van der Waals surface area (Å²) in [6.45, 7) is 9.24. The van der Waals surface area contributed by atoms with E-state index in [1.54, 1.807) is 0 Å². The largest absolute Gasteiger partial charge is 0.378 e. The first-order valence-electron chi connectivity index (χ1n) is 7.18. The van der Waals surface area contributed by atoms with Gasteiger partial charge in [0.1, 0.15) is 0 Å². The number of hydrogen-bond acceptors (Lipinski definition) is 4. The Morgan fingerprint density at radius 3 is 2.89 bits per heavy atom. The van der Waals surface area contributed by atoms with Crippen LogP contribution >= 0.6 is 11.3 Å². The van der Waals surface area contributed by atoms with Crippen molar-refractivity contribution in [3.8, 4) is 0 Å². The molecule has 1 aliphatic heterocycles. The van der Waals surface area contributed by atoms with Gasteiger partial charge < -0.3 is 10.5 Å². The van der Waals surface area contributed by atoms with Crippen LogP contribution in [0.25, 0.3) is 0 Å².